The third kappa shape index (κ3) is 5.89. The number of fused-ring (bicyclic) bond motifs is 1. The SMILES string of the molecule is Cc1cccc(C[C@H](O)/C=C/[C@@H]2[C@H]3CC(CCCC(=O)N4CCOCC4)=C[C@H]3C[C@H]2O)c1. The molecule has 2 N–H and O–H groups in total. The van der Waals surface area contributed by atoms with Gasteiger partial charge in [0.2, 0.25) is 5.91 Å². The van der Waals surface area contributed by atoms with Gasteiger partial charge in [0, 0.05) is 31.8 Å². The number of aliphatic hydroxyl groups excluding tert-OH is 2. The highest BCUT2D eigenvalue weighted by molar-refractivity contribution is 5.76. The lowest BCUT2D eigenvalue weighted by molar-refractivity contribution is -0.135. The monoisotopic (exact) mass is 439 g/mol. The highest BCUT2D eigenvalue weighted by atomic mass is 16.5. The highest BCUT2D eigenvalue weighted by Gasteiger charge is 2.43. The van der Waals surface area contributed by atoms with E-state index in [4.69, 9.17) is 4.74 Å². The van der Waals surface area contributed by atoms with E-state index in [1.54, 1.807) is 0 Å². The number of hydrogen-bond acceptors (Lipinski definition) is 4. The third-order valence-corrected chi connectivity index (χ3v) is 7.29. The van der Waals surface area contributed by atoms with Gasteiger partial charge in [-0.2, -0.15) is 0 Å². The molecule has 0 unspecified atom stereocenters. The Labute approximate surface area is 191 Å². The molecular formula is C27H37NO4. The van der Waals surface area contributed by atoms with Crippen molar-refractivity contribution in [1.82, 2.24) is 4.90 Å². The number of morpholine rings is 1. The maximum Gasteiger partial charge on any atom is 0.222 e. The van der Waals surface area contributed by atoms with Crippen molar-refractivity contribution in [1.29, 1.82) is 0 Å². The first-order chi connectivity index (χ1) is 15.5. The van der Waals surface area contributed by atoms with Crippen molar-refractivity contribution in [2.45, 2.75) is 57.7 Å². The first-order valence-electron chi connectivity index (χ1n) is 12.1. The largest absolute Gasteiger partial charge is 0.392 e. The number of carbonyl (C=O) groups excluding carboxylic acids is 1. The number of rotatable bonds is 8. The lowest BCUT2D eigenvalue weighted by atomic mass is 9.88. The summed E-state index contributed by atoms with van der Waals surface area (Å²) in [6.45, 7) is 4.79. The number of carbonyl (C=O) groups is 1. The van der Waals surface area contributed by atoms with Crippen molar-refractivity contribution < 1.29 is 19.7 Å². The third-order valence-electron chi connectivity index (χ3n) is 7.29. The molecule has 2 aliphatic carbocycles. The van der Waals surface area contributed by atoms with E-state index in [9.17, 15) is 15.0 Å². The zero-order valence-electron chi connectivity index (χ0n) is 19.2. The summed E-state index contributed by atoms with van der Waals surface area (Å²) in [4.78, 5) is 14.3. The van der Waals surface area contributed by atoms with Gasteiger partial charge in [0.05, 0.1) is 25.4 Å². The van der Waals surface area contributed by atoms with Gasteiger partial charge in [-0.25, -0.2) is 0 Å². The van der Waals surface area contributed by atoms with E-state index in [2.05, 4.69) is 31.2 Å². The summed E-state index contributed by atoms with van der Waals surface area (Å²) in [6.07, 6.45) is 10.2. The quantitative estimate of drug-likeness (QED) is 0.609. The minimum Gasteiger partial charge on any atom is -0.392 e. The van der Waals surface area contributed by atoms with Crippen LogP contribution in [0.1, 0.15) is 43.2 Å². The lowest BCUT2D eigenvalue weighted by Crippen LogP contribution is -2.40. The Balaban J connectivity index is 1.24. The van der Waals surface area contributed by atoms with E-state index in [1.165, 1.54) is 11.1 Å². The van der Waals surface area contributed by atoms with Crippen LogP contribution in [0, 0.1) is 24.7 Å². The molecule has 174 valence electrons. The van der Waals surface area contributed by atoms with E-state index in [1.807, 2.05) is 23.1 Å². The molecule has 1 aromatic carbocycles. The van der Waals surface area contributed by atoms with Crippen LogP contribution in [0.2, 0.25) is 0 Å². The van der Waals surface area contributed by atoms with Crippen LogP contribution in [-0.4, -0.2) is 59.5 Å². The fourth-order valence-corrected chi connectivity index (χ4v) is 5.63. The zero-order valence-corrected chi connectivity index (χ0v) is 19.2. The minimum absolute atomic E-state index is 0.0934. The van der Waals surface area contributed by atoms with Gasteiger partial charge in [-0.15, -0.1) is 0 Å². The second-order valence-corrected chi connectivity index (χ2v) is 9.73. The molecule has 5 atom stereocenters. The molecule has 1 heterocycles. The number of ether oxygens (including phenoxy) is 1. The number of hydrogen-bond donors (Lipinski definition) is 2. The molecule has 0 bridgehead atoms. The predicted octanol–water partition coefficient (Wildman–Crippen LogP) is 3.43. The van der Waals surface area contributed by atoms with Crippen LogP contribution in [0.3, 0.4) is 0 Å². The van der Waals surface area contributed by atoms with E-state index < -0.39 is 6.10 Å². The number of aliphatic hydroxyl groups is 2. The van der Waals surface area contributed by atoms with E-state index in [0.717, 1.165) is 31.2 Å². The molecule has 0 spiro atoms. The van der Waals surface area contributed by atoms with Crippen LogP contribution < -0.4 is 0 Å². The van der Waals surface area contributed by atoms with E-state index in [-0.39, 0.29) is 17.9 Å². The van der Waals surface area contributed by atoms with Gasteiger partial charge in [0.25, 0.3) is 0 Å². The van der Waals surface area contributed by atoms with Gasteiger partial charge in [-0.3, -0.25) is 4.79 Å². The molecule has 0 radical (unpaired) electrons. The van der Waals surface area contributed by atoms with Crippen molar-refractivity contribution in [2.24, 2.45) is 17.8 Å². The van der Waals surface area contributed by atoms with Crippen molar-refractivity contribution in [3.8, 4) is 0 Å². The molecule has 1 amide bonds. The number of amides is 1. The summed E-state index contributed by atoms with van der Waals surface area (Å²) >= 11 is 0. The van der Waals surface area contributed by atoms with Crippen LogP contribution >= 0.6 is 0 Å². The Bertz CT molecular complexity index is 842. The molecule has 32 heavy (non-hydrogen) atoms. The van der Waals surface area contributed by atoms with Crippen molar-refractivity contribution in [2.75, 3.05) is 26.3 Å². The van der Waals surface area contributed by atoms with Gasteiger partial charge < -0.3 is 19.8 Å². The molecule has 5 heteroatoms. The van der Waals surface area contributed by atoms with E-state index >= 15 is 0 Å². The van der Waals surface area contributed by atoms with Crippen molar-refractivity contribution in [3.05, 3.63) is 59.2 Å². The summed E-state index contributed by atoms with van der Waals surface area (Å²) in [5.74, 6) is 1.16. The number of allylic oxidation sites excluding steroid dienone is 2. The molecule has 1 saturated carbocycles. The normalized spacial score (nSPS) is 28.7. The summed E-state index contributed by atoms with van der Waals surface area (Å²) in [5, 5.41) is 21.1. The van der Waals surface area contributed by atoms with Crippen molar-refractivity contribution in [3.63, 3.8) is 0 Å². The highest BCUT2D eigenvalue weighted by Crippen LogP contribution is 2.48. The fourth-order valence-electron chi connectivity index (χ4n) is 5.63. The van der Waals surface area contributed by atoms with Crippen LogP contribution in [0.25, 0.3) is 0 Å². The Morgan fingerprint density at radius 2 is 2.12 bits per heavy atom. The average Bonchev–Trinajstić information content (AvgIpc) is 3.29. The molecule has 4 rings (SSSR count). The Hall–Kier alpha value is -1.95. The number of benzene rings is 1. The maximum atomic E-state index is 12.3. The maximum absolute atomic E-state index is 12.3. The van der Waals surface area contributed by atoms with Crippen molar-refractivity contribution >= 4 is 5.91 Å². The predicted molar refractivity (Wildman–Crippen MR) is 125 cm³/mol. The van der Waals surface area contributed by atoms with Crippen LogP contribution in [0.5, 0.6) is 0 Å². The summed E-state index contributed by atoms with van der Waals surface area (Å²) < 4.78 is 5.32. The van der Waals surface area contributed by atoms with Gasteiger partial charge in [-0.05, 0) is 50.0 Å². The van der Waals surface area contributed by atoms with Crippen LogP contribution in [0.15, 0.2) is 48.1 Å². The first kappa shape index (κ1) is 23.2. The summed E-state index contributed by atoms with van der Waals surface area (Å²) in [6, 6.07) is 8.23. The second-order valence-electron chi connectivity index (χ2n) is 9.73. The second kappa shape index (κ2) is 10.8. The average molecular weight is 440 g/mol. The number of nitrogens with zero attached hydrogens (tertiary/aromatic N) is 1. The van der Waals surface area contributed by atoms with Gasteiger partial charge in [0.15, 0.2) is 0 Å². The molecule has 5 nitrogen and oxygen atoms in total. The van der Waals surface area contributed by atoms with Gasteiger partial charge in [-0.1, -0.05) is 53.6 Å². The Morgan fingerprint density at radius 3 is 2.91 bits per heavy atom. The Kier molecular flexibility index (Phi) is 7.82. The van der Waals surface area contributed by atoms with E-state index in [0.29, 0.717) is 51.0 Å². The molecule has 2 fully saturated rings. The smallest absolute Gasteiger partial charge is 0.222 e. The molecule has 3 aliphatic rings. The fraction of sp³-hybridized carbons (Fsp3) is 0.593. The topological polar surface area (TPSA) is 70.0 Å². The lowest BCUT2D eigenvalue weighted by Gasteiger charge is -2.26. The number of aryl methyl sites for hydroxylation is 1. The standard InChI is InChI=1S/C27H37NO4/c1-19-4-2-5-20(14-19)16-23(29)8-9-24-25-17-21(15-22(25)18-26(24)30)6-3-7-27(31)28-10-12-32-13-11-28/h2,4-5,8-9,14-15,22-26,29-30H,3,6-7,10-13,16-18H2,1H3/b9-8+/t22-,23+,24+,25-,26+/m0/s1. The Morgan fingerprint density at radius 1 is 1.31 bits per heavy atom. The summed E-state index contributed by atoms with van der Waals surface area (Å²) in [5.41, 5.74) is 3.76. The first-order valence-corrected chi connectivity index (χ1v) is 12.1. The van der Waals surface area contributed by atoms with Gasteiger partial charge >= 0.3 is 0 Å². The van der Waals surface area contributed by atoms with Gasteiger partial charge in [0.1, 0.15) is 0 Å². The molecule has 1 saturated heterocycles. The zero-order chi connectivity index (χ0) is 22.5. The van der Waals surface area contributed by atoms with Crippen LogP contribution in [0.4, 0.5) is 0 Å². The molecule has 1 aliphatic heterocycles. The molecule has 0 aromatic heterocycles. The summed E-state index contributed by atoms with van der Waals surface area (Å²) in [7, 11) is 0. The van der Waals surface area contributed by atoms with Crippen LogP contribution in [-0.2, 0) is 16.0 Å². The molecular weight excluding hydrogens is 402 g/mol. The minimum atomic E-state index is -0.539. The molecule has 1 aromatic rings.